The fourth-order valence-electron chi connectivity index (χ4n) is 3.06. The second-order valence-electron chi connectivity index (χ2n) is 7.08. The molecule has 0 atom stereocenters. The van der Waals surface area contributed by atoms with Crippen LogP contribution in [0.25, 0.3) is 6.08 Å². The number of hydrogen-bond acceptors (Lipinski definition) is 5. The van der Waals surface area contributed by atoms with Gasteiger partial charge in [-0.15, -0.1) is 0 Å². The number of benzene rings is 3. The van der Waals surface area contributed by atoms with Crippen LogP contribution >= 0.6 is 15.9 Å². The number of carbonyl (C=O) groups is 1. The summed E-state index contributed by atoms with van der Waals surface area (Å²) in [7, 11) is 1.52. The Morgan fingerprint density at radius 1 is 1.09 bits per heavy atom. The molecular formula is C26H20BrN3O3. The zero-order valence-corrected chi connectivity index (χ0v) is 19.6. The highest BCUT2D eigenvalue weighted by atomic mass is 79.9. The van der Waals surface area contributed by atoms with Crippen molar-refractivity contribution in [1.29, 1.82) is 10.5 Å². The monoisotopic (exact) mass is 501 g/mol. The van der Waals surface area contributed by atoms with Gasteiger partial charge >= 0.3 is 0 Å². The van der Waals surface area contributed by atoms with Gasteiger partial charge in [0.05, 0.1) is 28.9 Å². The molecule has 0 spiro atoms. The van der Waals surface area contributed by atoms with Gasteiger partial charge in [-0.25, -0.2) is 0 Å². The van der Waals surface area contributed by atoms with E-state index in [1.54, 1.807) is 42.5 Å². The van der Waals surface area contributed by atoms with Crippen molar-refractivity contribution in [3.8, 4) is 23.6 Å². The first-order valence-electron chi connectivity index (χ1n) is 9.93. The third-order valence-electron chi connectivity index (χ3n) is 4.76. The largest absolute Gasteiger partial charge is 0.495 e. The lowest BCUT2D eigenvalue weighted by Crippen LogP contribution is -2.14. The molecule has 0 bridgehead atoms. The van der Waals surface area contributed by atoms with E-state index in [2.05, 4.69) is 27.3 Å². The van der Waals surface area contributed by atoms with Crippen LogP contribution in [0.15, 0.2) is 70.7 Å². The maximum atomic E-state index is 12.7. The number of carbonyl (C=O) groups excluding carboxylic acids is 1. The average molecular weight is 502 g/mol. The second kappa shape index (κ2) is 11.0. The van der Waals surface area contributed by atoms with Gasteiger partial charge in [0, 0.05) is 5.56 Å². The highest BCUT2D eigenvalue weighted by Gasteiger charge is 2.13. The molecule has 0 aliphatic carbocycles. The van der Waals surface area contributed by atoms with E-state index in [0.717, 1.165) is 11.1 Å². The molecular weight excluding hydrogens is 482 g/mol. The predicted molar refractivity (Wildman–Crippen MR) is 130 cm³/mol. The average Bonchev–Trinajstić information content (AvgIpc) is 2.82. The van der Waals surface area contributed by atoms with Gasteiger partial charge in [-0.2, -0.15) is 10.5 Å². The topological polar surface area (TPSA) is 95.1 Å². The molecule has 1 N–H and O–H groups in total. The molecule has 0 aromatic heterocycles. The summed E-state index contributed by atoms with van der Waals surface area (Å²) in [6, 6.07) is 22.0. The number of rotatable bonds is 7. The quantitative estimate of drug-likeness (QED) is 0.327. The van der Waals surface area contributed by atoms with Crippen molar-refractivity contribution in [3.63, 3.8) is 0 Å². The van der Waals surface area contributed by atoms with Crippen molar-refractivity contribution >= 4 is 33.6 Å². The van der Waals surface area contributed by atoms with Crippen LogP contribution in [0.1, 0.15) is 22.3 Å². The minimum atomic E-state index is -0.536. The second-order valence-corrected chi connectivity index (χ2v) is 7.93. The van der Waals surface area contributed by atoms with Gasteiger partial charge < -0.3 is 14.8 Å². The number of methoxy groups -OCH3 is 1. The van der Waals surface area contributed by atoms with Crippen LogP contribution in [0.3, 0.4) is 0 Å². The molecule has 3 rings (SSSR count). The third-order valence-corrected chi connectivity index (χ3v) is 5.38. The van der Waals surface area contributed by atoms with E-state index < -0.39 is 5.91 Å². The predicted octanol–water partition coefficient (Wildman–Crippen LogP) is 5.76. The van der Waals surface area contributed by atoms with E-state index in [9.17, 15) is 15.3 Å². The number of hydrogen-bond donors (Lipinski definition) is 1. The molecule has 3 aromatic carbocycles. The number of anilines is 1. The fraction of sp³-hybridized carbons (Fsp3) is 0.115. The molecule has 0 saturated heterocycles. The Hall–Kier alpha value is -4.07. The summed E-state index contributed by atoms with van der Waals surface area (Å²) in [6.45, 7) is 2.14. The highest BCUT2D eigenvalue weighted by molar-refractivity contribution is 9.10. The summed E-state index contributed by atoms with van der Waals surface area (Å²) in [5.74, 6) is 0.548. The summed E-state index contributed by atoms with van der Waals surface area (Å²) in [4.78, 5) is 12.7. The first-order chi connectivity index (χ1) is 15.9. The summed E-state index contributed by atoms with van der Waals surface area (Å²) in [5.41, 5.74) is 3.38. The van der Waals surface area contributed by atoms with Crippen molar-refractivity contribution in [1.82, 2.24) is 0 Å². The number of nitrogens with zero attached hydrogens (tertiary/aromatic N) is 2. The molecule has 0 aliphatic heterocycles. The van der Waals surface area contributed by atoms with Crippen molar-refractivity contribution in [2.75, 3.05) is 12.4 Å². The minimum Gasteiger partial charge on any atom is -0.495 e. The lowest BCUT2D eigenvalue weighted by Gasteiger charge is -2.11. The summed E-state index contributed by atoms with van der Waals surface area (Å²) < 4.78 is 11.8. The van der Waals surface area contributed by atoms with E-state index in [1.807, 2.05) is 31.2 Å². The van der Waals surface area contributed by atoms with Crippen LogP contribution in [0.2, 0.25) is 0 Å². The fourth-order valence-corrected chi connectivity index (χ4v) is 3.57. The Morgan fingerprint density at radius 3 is 2.55 bits per heavy atom. The highest BCUT2D eigenvalue weighted by Crippen LogP contribution is 2.29. The molecule has 3 aromatic rings. The Bertz CT molecular complexity index is 1300. The van der Waals surface area contributed by atoms with Crippen LogP contribution in [0, 0.1) is 29.6 Å². The van der Waals surface area contributed by atoms with Gasteiger partial charge in [0.1, 0.15) is 29.7 Å². The summed E-state index contributed by atoms with van der Waals surface area (Å²) in [5, 5.41) is 21.5. The lowest BCUT2D eigenvalue weighted by molar-refractivity contribution is -0.112. The molecule has 7 heteroatoms. The smallest absolute Gasteiger partial charge is 0.266 e. The Balaban J connectivity index is 1.76. The first-order valence-corrected chi connectivity index (χ1v) is 10.7. The Kier molecular flexibility index (Phi) is 7.86. The normalized spacial score (nSPS) is 10.6. The van der Waals surface area contributed by atoms with E-state index in [1.165, 1.54) is 13.2 Å². The van der Waals surface area contributed by atoms with Crippen LogP contribution < -0.4 is 14.8 Å². The summed E-state index contributed by atoms with van der Waals surface area (Å²) >= 11 is 3.47. The van der Waals surface area contributed by atoms with E-state index in [4.69, 9.17) is 9.47 Å². The van der Waals surface area contributed by atoms with Crippen LogP contribution in [-0.2, 0) is 11.4 Å². The van der Waals surface area contributed by atoms with Crippen molar-refractivity contribution in [2.24, 2.45) is 0 Å². The number of nitriles is 2. The number of halogens is 1. The van der Waals surface area contributed by atoms with Gasteiger partial charge in [-0.05, 0) is 70.4 Å². The molecule has 1 amide bonds. The van der Waals surface area contributed by atoms with Gasteiger partial charge in [0.15, 0.2) is 0 Å². The van der Waals surface area contributed by atoms with Crippen LogP contribution in [0.5, 0.6) is 11.5 Å². The van der Waals surface area contributed by atoms with Crippen molar-refractivity contribution < 1.29 is 14.3 Å². The maximum Gasteiger partial charge on any atom is 0.266 e. The molecule has 0 aliphatic rings. The Morgan fingerprint density at radius 2 is 1.85 bits per heavy atom. The third kappa shape index (κ3) is 6.00. The number of ether oxygens (including phenoxy) is 2. The molecule has 0 unspecified atom stereocenters. The van der Waals surface area contributed by atoms with Gasteiger partial charge in [0.2, 0.25) is 0 Å². The number of nitrogens with one attached hydrogen (secondary N) is 1. The Labute approximate surface area is 200 Å². The van der Waals surface area contributed by atoms with Gasteiger partial charge in [0.25, 0.3) is 5.91 Å². The lowest BCUT2D eigenvalue weighted by atomic mass is 10.1. The van der Waals surface area contributed by atoms with Crippen LogP contribution in [-0.4, -0.2) is 13.0 Å². The SMILES string of the molecule is COc1ccc(C)cc1NC(=O)/C(C#N)=C/c1ccc(OCc2ccccc2C#N)c(Br)c1. The van der Waals surface area contributed by atoms with Crippen molar-refractivity contribution in [3.05, 3.63) is 93.0 Å². The minimum absolute atomic E-state index is 0.0536. The molecule has 0 saturated carbocycles. The van der Waals surface area contributed by atoms with E-state index in [0.29, 0.717) is 32.8 Å². The van der Waals surface area contributed by atoms with E-state index in [-0.39, 0.29) is 12.2 Å². The standard InChI is InChI=1S/C26H20BrN3O3/c1-17-7-9-25(32-2)23(11-17)30-26(31)21(15-29)12-18-8-10-24(22(27)13-18)33-16-20-6-4-3-5-19(20)14-28/h3-13H,16H2,1-2H3,(H,30,31)/b21-12+. The zero-order valence-electron chi connectivity index (χ0n) is 18.1. The molecule has 164 valence electrons. The van der Waals surface area contributed by atoms with Crippen LogP contribution in [0.4, 0.5) is 5.69 Å². The van der Waals surface area contributed by atoms with Gasteiger partial charge in [-0.1, -0.05) is 30.3 Å². The van der Waals surface area contributed by atoms with Gasteiger partial charge in [-0.3, -0.25) is 4.79 Å². The molecule has 6 nitrogen and oxygen atoms in total. The van der Waals surface area contributed by atoms with E-state index >= 15 is 0 Å². The number of amides is 1. The number of aryl methyl sites for hydroxylation is 1. The molecule has 0 fully saturated rings. The molecule has 0 radical (unpaired) electrons. The molecule has 0 heterocycles. The molecule has 33 heavy (non-hydrogen) atoms. The maximum absolute atomic E-state index is 12.7. The first kappa shape index (κ1) is 23.6. The van der Waals surface area contributed by atoms with Crippen molar-refractivity contribution in [2.45, 2.75) is 13.5 Å². The zero-order chi connectivity index (χ0) is 23.8. The summed E-state index contributed by atoms with van der Waals surface area (Å²) in [6.07, 6.45) is 1.50.